The Morgan fingerprint density at radius 3 is 2.36 bits per heavy atom. The molecule has 0 spiro atoms. The quantitative estimate of drug-likeness (QED) is 0.568. The lowest BCUT2D eigenvalue weighted by Crippen LogP contribution is -2.13. The van der Waals surface area contributed by atoms with Gasteiger partial charge in [0.25, 0.3) is 0 Å². The van der Waals surface area contributed by atoms with E-state index in [9.17, 15) is 9.59 Å². The smallest absolute Gasteiger partial charge is 0.374 e. The van der Waals surface area contributed by atoms with Crippen LogP contribution in [0.25, 0.3) is 0 Å². The molecular weight excluding hydrogens is 204 g/mol. The van der Waals surface area contributed by atoms with Crippen molar-refractivity contribution < 1.29 is 14.3 Å². The zero-order valence-electron chi connectivity index (χ0n) is 7.62. The second-order valence-corrected chi connectivity index (χ2v) is 3.20. The third kappa shape index (κ3) is 3.18. The summed E-state index contributed by atoms with van der Waals surface area (Å²) in [4.78, 5) is 21.3. The van der Waals surface area contributed by atoms with Crippen molar-refractivity contribution in [3.05, 3.63) is 34.9 Å². The van der Waals surface area contributed by atoms with E-state index in [2.05, 4.69) is 0 Å². The molecule has 0 fully saturated rings. The number of esters is 1. The number of Topliss-reactive ketones (excluding diaryl/α,β-unsaturated/α-hetero) is 1. The highest BCUT2D eigenvalue weighted by molar-refractivity contribution is 6.32. The standard InChI is InChI=1S/C10H9ClO3/c1-7(12)10(13)14-6-8-2-4-9(11)5-3-8/h2-5H,6H2,1H3. The first-order valence-electron chi connectivity index (χ1n) is 4.01. The Kier molecular flexibility index (Phi) is 3.65. The number of hydrogen-bond donors (Lipinski definition) is 0. The summed E-state index contributed by atoms with van der Waals surface area (Å²) in [5.74, 6) is -1.42. The van der Waals surface area contributed by atoms with E-state index in [1.807, 2.05) is 0 Å². The average molecular weight is 213 g/mol. The van der Waals surface area contributed by atoms with Crippen LogP contribution in [0.3, 0.4) is 0 Å². The molecule has 0 heterocycles. The maximum absolute atomic E-state index is 10.8. The number of ether oxygens (including phenoxy) is 1. The van der Waals surface area contributed by atoms with E-state index in [4.69, 9.17) is 16.3 Å². The molecule has 0 aliphatic rings. The van der Waals surface area contributed by atoms with Gasteiger partial charge in [0.05, 0.1) is 0 Å². The lowest BCUT2D eigenvalue weighted by Gasteiger charge is -2.02. The lowest BCUT2D eigenvalue weighted by molar-refractivity contribution is -0.153. The zero-order chi connectivity index (χ0) is 10.6. The minimum Gasteiger partial charge on any atom is -0.455 e. The van der Waals surface area contributed by atoms with Crippen LogP contribution in [0.15, 0.2) is 24.3 Å². The van der Waals surface area contributed by atoms with E-state index in [0.29, 0.717) is 5.02 Å². The molecule has 0 aromatic heterocycles. The average Bonchev–Trinajstić information content (AvgIpc) is 2.16. The van der Waals surface area contributed by atoms with Gasteiger partial charge in [-0.05, 0) is 17.7 Å². The molecule has 0 unspecified atom stereocenters. The highest BCUT2D eigenvalue weighted by atomic mass is 35.5. The van der Waals surface area contributed by atoms with Gasteiger partial charge in [0.2, 0.25) is 5.78 Å². The second-order valence-electron chi connectivity index (χ2n) is 2.76. The molecule has 0 bridgehead atoms. The molecular formula is C10H9ClO3. The van der Waals surface area contributed by atoms with Crippen molar-refractivity contribution in [2.24, 2.45) is 0 Å². The molecule has 3 nitrogen and oxygen atoms in total. The van der Waals surface area contributed by atoms with Crippen LogP contribution in [0.4, 0.5) is 0 Å². The maximum atomic E-state index is 10.8. The van der Waals surface area contributed by atoms with E-state index in [1.54, 1.807) is 24.3 Å². The summed E-state index contributed by atoms with van der Waals surface area (Å²) in [6.45, 7) is 1.26. The molecule has 1 aromatic rings. The van der Waals surface area contributed by atoms with Gasteiger partial charge >= 0.3 is 5.97 Å². The first-order chi connectivity index (χ1) is 6.59. The van der Waals surface area contributed by atoms with E-state index in [1.165, 1.54) is 6.92 Å². The minimum absolute atomic E-state index is 0.0928. The number of halogens is 1. The van der Waals surface area contributed by atoms with E-state index in [0.717, 1.165) is 5.56 Å². The SMILES string of the molecule is CC(=O)C(=O)OCc1ccc(Cl)cc1. The topological polar surface area (TPSA) is 43.4 Å². The normalized spacial score (nSPS) is 9.57. The van der Waals surface area contributed by atoms with Crippen LogP contribution in [-0.4, -0.2) is 11.8 Å². The number of carbonyl (C=O) groups excluding carboxylic acids is 2. The Balaban J connectivity index is 2.50. The molecule has 0 radical (unpaired) electrons. The predicted octanol–water partition coefficient (Wildman–Crippen LogP) is 1.97. The molecule has 0 saturated carbocycles. The first kappa shape index (κ1) is 10.7. The van der Waals surface area contributed by atoms with Crippen LogP contribution in [0.2, 0.25) is 5.02 Å². The van der Waals surface area contributed by atoms with Crippen LogP contribution in [0.1, 0.15) is 12.5 Å². The fraction of sp³-hybridized carbons (Fsp3) is 0.200. The number of ketones is 1. The van der Waals surface area contributed by atoms with Gasteiger partial charge in [-0.2, -0.15) is 0 Å². The van der Waals surface area contributed by atoms with Crippen molar-refractivity contribution in [2.75, 3.05) is 0 Å². The van der Waals surface area contributed by atoms with Gasteiger partial charge < -0.3 is 4.74 Å². The predicted molar refractivity (Wildman–Crippen MR) is 51.9 cm³/mol. The van der Waals surface area contributed by atoms with Crippen LogP contribution < -0.4 is 0 Å². The summed E-state index contributed by atoms with van der Waals surface area (Å²) in [5, 5.41) is 0.617. The number of carbonyl (C=O) groups is 2. The summed E-state index contributed by atoms with van der Waals surface area (Å²) >= 11 is 5.66. The number of benzene rings is 1. The summed E-state index contributed by atoms with van der Waals surface area (Å²) in [7, 11) is 0. The highest BCUT2D eigenvalue weighted by Gasteiger charge is 2.08. The molecule has 0 N–H and O–H groups in total. The Morgan fingerprint density at radius 1 is 1.29 bits per heavy atom. The molecule has 0 saturated heterocycles. The van der Waals surface area contributed by atoms with Crippen LogP contribution in [-0.2, 0) is 20.9 Å². The monoisotopic (exact) mass is 212 g/mol. The fourth-order valence-electron chi connectivity index (χ4n) is 0.831. The molecule has 1 aromatic carbocycles. The van der Waals surface area contributed by atoms with E-state index in [-0.39, 0.29) is 6.61 Å². The Labute approximate surface area is 86.6 Å². The third-order valence-corrected chi connectivity index (χ3v) is 1.82. The fourth-order valence-corrected chi connectivity index (χ4v) is 0.957. The lowest BCUT2D eigenvalue weighted by atomic mass is 10.2. The van der Waals surface area contributed by atoms with Crippen LogP contribution in [0, 0.1) is 0 Å². The van der Waals surface area contributed by atoms with Gasteiger partial charge in [0.1, 0.15) is 6.61 Å². The summed E-state index contributed by atoms with van der Waals surface area (Å²) in [6.07, 6.45) is 0. The van der Waals surface area contributed by atoms with Crippen molar-refractivity contribution in [1.29, 1.82) is 0 Å². The molecule has 4 heteroatoms. The summed E-state index contributed by atoms with van der Waals surface area (Å²) in [5.41, 5.74) is 0.795. The molecule has 14 heavy (non-hydrogen) atoms. The van der Waals surface area contributed by atoms with Gasteiger partial charge in [-0.15, -0.1) is 0 Å². The van der Waals surface area contributed by atoms with Gasteiger partial charge in [-0.1, -0.05) is 23.7 Å². The molecule has 1 rings (SSSR count). The van der Waals surface area contributed by atoms with Gasteiger partial charge in [0.15, 0.2) is 0 Å². The Morgan fingerprint density at radius 2 is 1.86 bits per heavy atom. The first-order valence-corrected chi connectivity index (χ1v) is 4.39. The molecule has 0 atom stereocenters. The number of hydrogen-bond acceptors (Lipinski definition) is 3. The van der Waals surface area contributed by atoms with Gasteiger partial charge in [0, 0.05) is 11.9 Å². The molecule has 0 aliphatic heterocycles. The molecule has 0 aliphatic carbocycles. The van der Waals surface area contributed by atoms with E-state index >= 15 is 0 Å². The maximum Gasteiger partial charge on any atom is 0.374 e. The Bertz CT molecular complexity index is 343. The van der Waals surface area contributed by atoms with Crippen molar-refractivity contribution in [1.82, 2.24) is 0 Å². The minimum atomic E-state index is -0.819. The van der Waals surface area contributed by atoms with Crippen molar-refractivity contribution in [3.8, 4) is 0 Å². The van der Waals surface area contributed by atoms with Crippen molar-refractivity contribution in [2.45, 2.75) is 13.5 Å². The molecule has 74 valence electrons. The summed E-state index contributed by atoms with van der Waals surface area (Å²) < 4.78 is 4.70. The van der Waals surface area contributed by atoms with E-state index < -0.39 is 11.8 Å². The third-order valence-electron chi connectivity index (χ3n) is 1.57. The largest absolute Gasteiger partial charge is 0.455 e. The summed E-state index contributed by atoms with van der Waals surface area (Å²) in [6, 6.07) is 6.85. The van der Waals surface area contributed by atoms with Crippen molar-refractivity contribution >= 4 is 23.4 Å². The van der Waals surface area contributed by atoms with Gasteiger partial charge in [-0.25, -0.2) is 4.79 Å². The Hall–Kier alpha value is -1.35. The number of rotatable bonds is 3. The van der Waals surface area contributed by atoms with Crippen molar-refractivity contribution in [3.63, 3.8) is 0 Å². The van der Waals surface area contributed by atoms with Crippen LogP contribution in [0.5, 0.6) is 0 Å². The zero-order valence-corrected chi connectivity index (χ0v) is 8.38. The van der Waals surface area contributed by atoms with Gasteiger partial charge in [-0.3, -0.25) is 4.79 Å². The second kappa shape index (κ2) is 4.77. The molecule has 0 amide bonds. The highest BCUT2D eigenvalue weighted by Crippen LogP contribution is 2.10. The van der Waals surface area contributed by atoms with Crippen LogP contribution >= 0.6 is 11.6 Å².